The van der Waals surface area contributed by atoms with Gasteiger partial charge in [0.25, 0.3) is 0 Å². The molecule has 0 bridgehead atoms. The quantitative estimate of drug-likeness (QED) is 0.724. The minimum absolute atomic E-state index is 0.0720. The van der Waals surface area contributed by atoms with E-state index in [1.807, 2.05) is 0 Å². The zero-order valence-corrected chi connectivity index (χ0v) is 9.64. The van der Waals surface area contributed by atoms with Gasteiger partial charge < -0.3 is 10.6 Å². The second kappa shape index (κ2) is 4.52. The smallest absolute Gasteiger partial charge is 0.226 e. The summed E-state index contributed by atoms with van der Waals surface area (Å²) in [6.07, 6.45) is 6.88. The molecule has 1 atom stereocenters. The van der Waals surface area contributed by atoms with Gasteiger partial charge in [-0.15, -0.1) is 0 Å². The molecule has 2 aliphatic rings. The van der Waals surface area contributed by atoms with Crippen LogP contribution in [-0.4, -0.2) is 25.0 Å². The maximum atomic E-state index is 12.1. The Bertz CT molecular complexity index is 228. The van der Waals surface area contributed by atoms with Crippen LogP contribution in [0.3, 0.4) is 0 Å². The molecule has 0 aromatic rings. The van der Waals surface area contributed by atoms with Gasteiger partial charge in [-0.25, -0.2) is 0 Å². The molecule has 3 nitrogen and oxygen atoms in total. The molecule has 2 rings (SSSR count). The number of rotatable bonds is 2. The van der Waals surface area contributed by atoms with E-state index in [9.17, 15) is 4.79 Å². The van der Waals surface area contributed by atoms with E-state index in [1.165, 1.54) is 19.3 Å². The Morgan fingerprint density at radius 2 is 2.07 bits per heavy atom. The second-order valence-corrected chi connectivity index (χ2v) is 5.28. The summed E-state index contributed by atoms with van der Waals surface area (Å²) in [7, 11) is 0. The lowest BCUT2D eigenvalue weighted by molar-refractivity contribution is -0.130. The fourth-order valence-electron chi connectivity index (χ4n) is 2.72. The van der Waals surface area contributed by atoms with Crippen LogP contribution < -0.4 is 10.6 Å². The van der Waals surface area contributed by atoms with Gasteiger partial charge in [0.15, 0.2) is 0 Å². The number of carbonyl (C=O) groups is 1. The molecule has 1 aliphatic heterocycles. The SMILES string of the molecule is CC1(C(=O)N[C@H]2CCCNC2)CCCC1. The van der Waals surface area contributed by atoms with Crippen molar-refractivity contribution in [3.05, 3.63) is 0 Å². The standard InChI is InChI=1S/C12H22N2O/c1-12(6-2-3-7-12)11(15)14-10-5-4-8-13-9-10/h10,13H,2-9H2,1H3,(H,14,15)/t10-/m0/s1. The highest BCUT2D eigenvalue weighted by Crippen LogP contribution is 2.37. The maximum Gasteiger partial charge on any atom is 0.226 e. The third kappa shape index (κ3) is 2.51. The highest BCUT2D eigenvalue weighted by atomic mass is 16.2. The fraction of sp³-hybridized carbons (Fsp3) is 0.917. The summed E-state index contributed by atoms with van der Waals surface area (Å²) in [6.45, 7) is 4.16. The minimum Gasteiger partial charge on any atom is -0.352 e. The predicted molar refractivity (Wildman–Crippen MR) is 60.6 cm³/mol. The number of piperidine rings is 1. The first kappa shape index (κ1) is 10.9. The van der Waals surface area contributed by atoms with Crippen molar-refractivity contribution >= 4 is 5.91 Å². The van der Waals surface area contributed by atoms with Crippen molar-refractivity contribution in [2.75, 3.05) is 13.1 Å². The zero-order valence-electron chi connectivity index (χ0n) is 9.64. The van der Waals surface area contributed by atoms with Crippen LogP contribution in [0.25, 0.3) is 0 Å². The lowest BCUT2D eigenvalue weighted by Gasteiger charge is -2.29. The summed E-state index contributed by atoms with van der Waals surface area (Å²) in [5, 5.41) is 6.53. The molecule has 86 valence electrons. The Morgan fingerprint density at radius 3 is 2.67 bits per heavy atom. The van der Waals surface area contributed by atoms with Crippen LogP contribution in [0.1, 0.15) is 45.4 Å². The molecule has 0 aromatic heterocycles. The van der Waals surface area contributed by atoms with Crippen molar-refractivity contribution in [2.45, 2.75) is 51.5 Å². The second-order valence-electron chi connectivity index (χ2n) is 5.28. The van der Waals surface area contributed by atoms with E-state index in [-0.39, 0.29) is 11.3 Å². The van der Waals surface area contributed by atoms with E-state index in [0.717, 1.165) is 32.4 Å². The normalized spacial score (nSPS) is 30.1. The van der Waals surface area contributed by atoms with Gasteiger partial charge in [0.1, 0.15) is 0 Å². The first-order valence-electron chi connectivity index (χ1n) is 6.22. The molecular formula is C12H22N2O. The molecule has 2 fully saturated rings. The van der Waals surface area contributed by atoms with Gasteiger partial charge >= 0.3 is 0 Å². The molecule has 0 aromatic carbocycles. The van der Waals surface area contributed by atoms with Gasteiger partial charge in [-0.1, -0.05) is 19.8 Å². The lowest BCUT2D eigenvalue weighted by atomic mass is 9.87. The van der Waals surface area contributed by atoms with Gasteiger partial charge in [-0.2, -0.15) is 0 Å². The molecule has 0 unspecified atom stereocenters. The third-order valence-corrected chi connectivity index (χ3v) is 3.89. The monoisotopic (exact) mass is 210 g/mol. The summed E-state index contributed by atoms with van der Waals surface area (Å²) >= 11 is 0. The van der Waals surface area contributed by atoms with E-state index in [4.69, 9.17) is 0 Å². The van der Waals surface area contributed by atoms with Crippen molar-refractivity contribution in [3.8, 4) is 0 Å². The van der Waals surface area contributed by atoms with Gasteiger partial charge in [0.2, 0.25) is 5.91 Å². The highest BCUT2D eigenvalue weighted by molar-refractivity contribution is 5.82. The molecule has 2 N–H and O–H groups in total. The molecule has 15 heavy (non-hydrogen) atoms. The summed E-state index contributed by atoms with van der Waals surface area (Å²) in [4.78, 5) is 12.1. The molecular weight excluding hydrogens is 188 g/mol. The number of hydrogen-bond donors (Lipinski definition) is 2. The first-order chi connectivity index (χ1) is 7.21. The molecule has 1 heterocycles. The van der Waals surface area contributed by atoms with E-state index in [1.54, 1.807) is 0 Å². The number of hydrogen-bond acceptors (Lipinski definition) is 2. The fourth-order valence-corrected chi connectivity index (χ4v) is 2.72. The van der Waals surface area contributed by atoms with E-state index < -0.39 is 0 Å². The third-order valence-electron chi connectivity index (χ3n) is 3.89. The topological polar surface area (TPSA) is 41.1 Å². The Kier molecular flexibility index (Phi) is 3.29. The molecule has 1 aliphatic carbocycles. The summed E-state index contributed by atoms with van der Waals surface area (Å²) in [6, 6.07) is 0.365. The predicted octanol–water partition coefficient (Wildman–Crippen LogP) is 1.43. The van der Waals surface area contributed by atoms with Gasteiger partial charge in [-0.3, -0.25) is 4.79 Å². The largest absolute Gasteiger partial charge is 0.352 e. The van der Waals surface area contributed by atoms with Gasteiger partial charge in [-0.05, 0) is 32.2 Å². The first-order valence-corrected chi connectivity index (χ1v) is 6.22. The van der Waals surface area contributed by atoms with Crippen LogP contribution in [0.2, 0.25) is 0 Å². The zero-order chi connectivity index (χ0) is 10.7. The van der Waals surface area contributed by atoms with Crippen LogP contribution >= 0.6 is 0 Å². The van der Waals surface area contributed by atoms with Crippen molar-refractivity contribution in [1.29, 1.82) is 0 Å². The molecule has 1 saturated heterocycles. The lowest BCUT2D eigenvalue weighted by Crippen LogP contribution is -2.49. The Labute approximate surface area is 92.0 Å². The average molecular weight is 210 g/mol. The molecule has 1 amide bonds. The minimum atomic E-state index is -0.0720. The van der Waals surface area contributed by atoms with Crippen LogP contribution in [0.5, 0.6) is 0 Å². The van der Waals surface area contributed by atoms with Crippen molar-refractivity contribution < 1.29 is 4.79 Å². The highest BCUT2D eigenvalue weighted by Gasteiger charge is 2.36. The van der Waals surface area contributed by atoms with Crippen LogP contribution in [0.15, 0.2) is 0 Å². The Hall–Kier alpha value is -0.570. The van der Waals surface area contributed by atoms with Crippen LogP contribution in [-0.2, 0) is 4.79 Å². The molecule has 0 spiro atoms. The number of nitrogens with one attached hydrogen (secondary N) is 2. The van der Waals surface area contributed by atoms with E-state index >= 15 is 0 Å². The van der Waals surface area contributed by atoms with E-state index in [2.05, 4.69) is 17.6 Å². The summed E-state index contributed by atoms with van der Waals surface area (Å²) < 4.78 is 0. The summed E-state index contributed by atoms with van der Waals surface area (Å²) in [5.41, 5.74) is -0.0720. The molecule has 3 heteroatoms. The molecule has 0 radical (unpaired) electrons. The van der Waals surface area contributed by atoms with Gasteiger partial charge in [0, 0.05) is 18.0 Å². The Balaban J connectivity index is 1.85. The van der Waals surface area contributed by atoms with Crippen LogP contribution in [0.4, 0.5) is 0 Å². The summed E-state index contributed by atoms with van der Waals surface area (Å²) in [5.74, 6) is 0.286. The number of carbonyl (C=O) groups excluding carboxylic acids is 1. The Morgan fingerprint density at radius 1 is 1.33 bits per heavy atom. The van der Waals surface area contributed by atoms with Crippen molar-refractivity contribution in [1.82, 2.24) is 10.6 Å². The van der Waals surface area contributed by atoms with E-state index in [0.29, 0.717) is 6.04 Å². The van der Waals surface area contributed by atoms with Gasteiger partial charge in [0.05, 0.1) is 0 Å². The number of amides is 1. The van der Waals surface area contributed by atoms with Crippen LogP contribution in [0, 0.1) is 5.41 Å². The van der Waals surface area contributed by atoms with Crippen molar-refractivity contribution in [3.63, 3.8) is 0 Å². The maximum absolute atomic E-state index is 12.1. The van der Waals surface area contributed by atoms with Crippen molar-refractivity contribution in [2.24, 2.45) is 5.41 Å². The molecule has 1 saturated carbocycles. The average Bonchev–Trinajstić information content (AvgIpc) is 2.68.